The maximum Gasteiger partial charge on any atom is 0.251 e. The molecule has 0 spiro atoms. The van der Waals surface area contributed by atoms with Gasteiger partial charge in [-0.3, -0.25) is 4.90 Å². The summed E-state index contributed by atoms with van der Waals surface area (Å²) in [5.41, 5.74) is 1.90. The Bertz CT molecular complexity index is 879. The van der Waals surface area contributed by atoms with Crippen LogP contribution in [0.4, 0.5) is 10.1 Å². The molecule has 0 unspecified atom stereocenters. The van der Waals surface area contributed by atoms with E-state index < -0.39 is 0 Å². The van der Waals surface area contributed by atoms with Crippen molar-refractivity contribution in [2.45, 2.75) is 20.4 Å². The topological polar surface area (TPSA) is 58.5 Å². The Balaban J connectivity index is 1.36. The molecule has 0 N–H and O–H groups in total. The van der Waals surface area contributed by atoms with Crippen molar-refractivity contribution in [2.75, 3.05) is 31.1 Å². The third-order valence-corrected chi connectivity index (χ3v) is 4.66. The summed E-state index contributed by atoms with van der Waals surface area (Å²) in [6, 6.07) is 8.56. The fourth-order valence-corrected chi connectivity index (χ4v) is 3.28. The number of aryl methyl sites for hydroxylation is 2. The first-order valence-corrected chi connectivity index (χ1v) is 8.71. The molecule has 1 aromatic carbocycles. The fraction of sp³-hybridized carbons (Fsp3) is 0.368. The molecular formula is C19H21FN4O2. The van der Waals surface area contributed by atoms with Gasteiger partial charge in [0.15, 0.2) is 0 Å². The lowest BCUT2D eigenvalue weighted by Gasteiger charge is -2.35. The highest BCUT2D eigenvalue weighted by atomic mass is 19.1. The van der Waals surface area contributed by atoms with Gasteiger partial charge in [-0.2, -0.15) is 0 Å². The van der Waals surface area contributed by atoms with Gasteiger partial charge in [0.25, 0.3) is 5.89 Å². The maximum atomic E-state index is 13.1. The van der Waals surface area contributed by atoms with Crippen molar-refractivity contribution in [1.29, 1.82) is 0 Å². The lowest BCUT2D eigenvalue weighted by molar-refractivity contribution is 0.227. The van der Waals surface area contributed by atoms with E-state index in [1.165, 1.54) is 12.1 Å². The van der Waals surface area contributed by atoms with Crippen molar-refractivity contribution < 1.29 is 13.2 Å². The van der Waals surface area contributed by atoms with Crippen LogP contribution in [0.25, 0.3) is 11.5 Å². The monoisotopic (exact) mass is 356 g/mol. The standard InChI is InChI=1S/C19H21FN4O2/c1-13-11-17(14(2)25-13)19-22-21-18(26-19)12-23-7-9-24(10-8-23)16-5-3-15(20)4-6-16/h3-6,11H,7-10,12H2,1-2H3. The number of hydrogen-bond acceptors (Lipinski definition) is 6. The molecule has 6 nitrogen and oxygen atoms in total. The van der Waals surface area contributed by atoms with Crippen LogP contribution in [0.15, 0.2) is 39.2 Å². The summed E-state index contributed by atoms with van der Waals surface area (Å²) in [6.07, 6.45) is 0. The first-order chi connectivity index (χ1) is 12.6. The number of benzene rings is 1. The summed E-state index contributed by atoms with van der Waals surface area (Å²) in [5.74, 6) is 2.51. The van der Waals surface area contributed by atoms with Crippen molar-refractivity contribution in [3.05, 3.63) is 53.6 Å². The van der Waals surface area contributed by atoms with Crippen molar-refractivity contribution in [3.63, 3.8) is 0 Å². The molecule has 0 saturated carbocycles. The van der Waals surface area contributed by atoms with E-state index in [2.05, 4.69) is 20.0 Å². The van der Waals surface area contributed by atoms with Gasteiger partial charge in [0.05, 0.1) is 12.1 Å². The molecule has 1 fully saturated rings. The van der Waals surface area contributed by atoms with Gasteiger partial charge in [0.1, 0.15) is 17.3 Å². The molecule has 26 heavy (non-hydrogen) atoms. The molecule has 0 amide bonds. The number of furan rings is 1. The molecule has 0 aliphatic carbocycles. The molecule has 136 valence electrons. The van der Waals surface area contributed by atoms with Crippen LogP contribution >= 0.6 is 0 Å². The van der Waals surface area contributed by atoms with Gasteiger partial charge < -0.3 is 13.7 Å². The van der Waals surface area contributed by atoms with E-state index in [0.29, 0.717) is 18.3 Å². The predicted molar refractivity (Wildman–Crippen MR) is 95.4 cm³/mol. The Labute approximate surface area is 151 Å². The van der Waals surface area contributed by atoms with Crippen molar-refractivity contribution in [3.8, 4) is 11.5 Å². The minimum absolute atomic E-state index is 0.206. The summed E-state index contributed by atoms with van der Waals surface area (Å²) in [6.45, 7) is 7.95. The SMILES string of the molecule is Cc1cc(-c2nnc(CN3CCN(c4ccc(F)cc4)CC3)o2)c(C)o1. The molecule has 1 aliphatic rings. The Hall–Kier alpha value is -2.67. The van der Waals surface area contributed by atoms with Gasteiger partial charge >= 0.3 is 0 Å². The first-order valence-electron chi connectivity index (χ1n) is 8.71. The molecule has 7 heteroatoms. The van der Waals surface area contributed by atoms with Crippen molar-refractivity contribution in [2.24, 2.45) is 0 Å². The van der Waals surface area contributed by atoms with Gasteiger partial charge in [0.2, 0.25) is 5.89 Å². The third-order valence-electron chi connectivity index (χ3n) is 4.66. The van der Waals surface area contributed by atoms with E-state index in [9.17, 15) is 4.39 Å². The predicted octanol–water partition coefficient (Wildman–Crippen LogP) is 3.41. The van der Waals surface area contributed by atoms with Gasteiger partial charge in [-0.15, -0.1) is 10.2 Å². The highest BCUT2D eigenvalue weighted by Crippen LogP contribution is 2.26. The number of halogens is 1. The second-order valence-corrected chi connectivity index (χ2v) is 6.57. The number of rotatable bonds is 4. The van der Waals surface area contributed by atoms with Crippen LogP contribution in [0, 0.1) is 19.7 Å². The van der Waals surface area contributed by atoms with E-state index in [-0.39, 0.29) is 5.82 Å². The molecule has 0 radical (unpaired) electrons. The van der Waals surface area contributed by atoms with Crippen molar-refractivity contribution >= 4 is 5.69 Å². The minimum Gasteiger partial charge on any atom is -0.466 e. The van der Waals surface area contributed by atoms with Crippen LogP contribution in [-0.4, -0.2) is 41.3 Å². The molecule has 0 bridgehead atoms. The van der Waals surface area contributed by atoms with Gasteiger partial charge in [-0.1, -0.05) is 0 Å². The zero-order chi connectivity index (χ0) is 18.1. The molecule has 2 aromatic heterocycles. The number of anilines is 1. The van der Waals surface area contributed by atoms with Crippen LogP contribution in [0.1, 0.15) is 17.4 Å². The van der Waals surface area contributed by atoms with Crippen LogP contribution in [0.2, 0.25) is 0 Å². The van der Waals surface area contributed by atoms with Gasteiger partial charge in [0, 0.05) is 31.9 Å². The van der Waals surface area contributed by atoms with Crippen LogP contribution < -0.4 is 4.90 Å². The largest absolute Gasteiger partial charge is 0.466 e. The minimum atomic E-state index is -0.206. The van der Waals surface area contributed by atoms with Gasteiger partial charge in [-0.25, -0.2) is 4.39 Å². The smallest absolute Gasteiger partial charge is 0.251 e. The number of hydrogen-bond donors (Lipinski definition) is 0. The normalized spacial score (nSPS) is 15.6. The van der Waals surface area contributed by atoms with E-state index in [1.54, 1.807) is 0 Å². The van der Waals surface area contributed by atoms with E-state index >= 15 is 0 Å². The summed E-state index contributed by atoms with van der Waals surface area (Å²) < 4.78 is 24.4. The number of piperazine rings is 1. The Morgan fingerprint density at radius 1 is 1.00 bits per heavy atom. The summed E-state index contributed by atoms with van der Waals surface area (Å²) in [4.78, 5) is 4.54. The van der Waals surface area contributed by atoms with Crippen LogP contribution in [-0.2, 0) is 6.54 Å². The molecule has 3 aromatic rings. The maximum absolute atomic E-state index is 13.1. The lowest BCUT2D eigenvalue weighted by atomic mass is 10.2. The third kappa shape index (κ3) is 3.48. The van der Waals surface area contributed by atoms with E-state index in [1.807, 2.05) is 32.0 Å². The Morgan fingerprint density at radius 3 is 2.38 bits per heavy atom. The van der Waals surface area contributed by atoms with Crippen LogP contribution in [0.3, 0.4) is 0 Å². The second-order valence-electron chi connectivity index (χ2n) is 6.57. The lowest BCUT2D eigenvalue weighted by Crippen LogP contribution is -2.46. The average Bonchev–Trinajstić information content (AvgIpc) is 3.22. The molecule has 3 heterocycles. The van der Waals surface area contributed by atoms with E-state index in [0.717, 1.165) is 49.0 Å². The Kier molecular flexibility index (Phi) is 4.46. The number of aromatic nitrogens is 2. The molecule has 0 atom stereocenters. The zero-order valence-corrected chi connectivity index (χ0v) is 14.9. The zero-order valence-electron chi connectivity index (χ0n) is 14.9. The molecular weight excluding hydrogens is 335 g/mol. The summed E-state index contributed by atoms with van der Waals surface area (Å²) >= 11 is 0. The molecule has 1 saturated heterocycles. The van der Waals surface area contributed by atoms with Gasteiger partial charge in [-0.05, 0) is 44.2 Å². The quantitative estimate of drug-likeness (QED) is 0.714. The highest BCUT2D eigenvalue weighted by molar-refractivity contribution is 5.55. The second kappa shape index (κ2) is 6.92. The number of nitrogens with zero attached hydrogens (tertiary/aromatic N) is 4. The average molecular weight is 356 g/mol. The molecule has 4 rings (SSSR count). The Morgan fingerprint density at radius 2 is 1.73 bits per heavy atom. The highest BCUT2D eigenvalue weighted by Gasteiger charge is 2.20. The van der Waals surface area contributed by atoms with Crippen molar-refractivity contribution in [1.82, 2.24) is 15.1 Å². The molecule has 1 aliphatic heterocycles. The first kappa shape index (κ1) is 16.8. The summed E-state index contributed by atoms with van der Waals surface area (Å²) in [7, 11) is 0. The fourth-order valence-electron chi connectivity index (χ4n) is 3.28. The van der Waals surface area contributed by atoms with Crippen LogP contribution in [0.5, 0.6) is 0 Å². The summed E-state index contributed by atoms with van der Waals surface area (Å²) in [5, 5.41) is 8.32. The van der Waals surface area contributed by atoms with E-state index in [4.69, 9.17) is 8.83 Å².